The van der Waals surface area contributed by atoms with Crippen LogP contribution in [0.4, 0.5) is 0 Å². The van der Waals surface area contributed by atoms with Crippen LogP contribution < -0.4 is 48.7 Å². The molecule has 0 saturated carbocycles. The number of phenolic OH excluding ortho intramolecular Hbond substituents is 2. The molecule has 1 aromatic heterocycles. The second kappa shape index (κ2) is 27.9. The molecule has 0 unspecified atom stereocenters. The van der Waals surface area contributed by atoms with Gasteiger partial charge in [-0.1, -0.05) is 58.4 Å². The third-order valence-corrected chi connectivity index (χ3v) is 12.8. The maximum Gasteiger partial charge on any atom is 0.326 e. The zero-order chi connectivity index (χ0) is 54.7. The van der Waals surface area contributed by atoms with Gasteiger partial charge in [0.25, 0.3) is 0 Å². The highest BCUT2D eigenvalue weighted by Gasteiger charge is 2.43. The van der Waals surface area contributed by atoms with Crippen LogP contribution in [0.2, 0.25) is 0 Å². The van der Waals surface area contributed by atoms with Crippen LogP contribution in [-0.2, 0) is 57.6 Å². The number of aromatic hydroxyl groups is 2. The van der Waals surface area contributed by atoms with Crippen molar-refractivity contribution in [3.8, 4) is 11.5 Å². The van der Waals surface area contributed by atoms with Gasteiger partial charge in [-0.2, -0.15) is 0 Å². The number of aliphatic carboxylic acids is 1. The smallest absolute Gasteiger partial charge is 0.326 e. The van der Waals surface area contributed by atoms with Crippen LogP contribution in [0.1, 0.15) is 83.5 Å². The van der Waals surface area contributed by atoms with Crippen LogP contribution >= 0.6 is 0 Å². The first-order valence-electron chi connectivity index (χ1n) is 24.6. The molecular weight excluding hydrogens is 959 g/mol. The Kier molecular flexibility index (Phi) is 22.2. The fourth-order valence-corrected chi connectivity index (χ4v) is 8.44. The normalized spacial score (nSPS) is 16.5. The molecule has 0 radical (unpaired) electrons. The van der Waals surface area contributed by atoms with Gasteiger partial charge in [0.1, 0.15) is 53.3 Å². The Morgan fingerprint density at radius 3 is 2.04 bits per heavy atom. The van der Waals surface area contributed by atoms with Crippen molar-refractivity contribution < 1.29 is 53.7 Å². The number of nitrogens with one attached hydrogen (secondary N) is 8. The minimum absolute atomic E-state index is 0.0650. The zero-order valence-corrected chi connectivity index (χ0v) is 42.8. The number of carbonyl (C=O) groups excluding carboxylic acids is 7. The summed E-state index contributed by atoms with van der Waals surface area (Å²) >= 11 is 0. The number of carbonyl (C=O) groups is 8. The van der Waals surface area contributed by atoms with Crippen LogP contribution in [0.3, 0.4) is 0 Å². The number of phenols is 2. The minimum atomic E-state index is -1.92. The predicted octanol–water partition coefficient (Wildman–Crippen LogP) is -0.802. The van der Waals surface area contributed by atoms with Crippen LogP contribution in [0.5, 0.6) is 11.5 Å². The van der Waals surface area contributed by atoms with Gasteiger partial charge in [-0.25, -0.2) is 9.78 Å². The number of hydrogen-bond donors (Lipinski definition) is 13. The first-order chi connectivity index (χ1) is 35.0. The molecule has 2 aromatic carbocycles. The van der Waals surface area contributed by atoms with Crippen molar-refractivity contribution in [3.05, 3.63) is 77.9 Å². The molecule has 24 nitrogen and oxygen atoms in total. The molecule has 7 amide bonds. The number of hydrogen-bond acceptors (Lipinski definition) is 13. The number of amides is 7. The molecule has 24 heteroatoms. The number of likely N-dealkylation sites (N-methyl/N-ethyl adjacent to an activating group) is 1. The number of carboxylic acids is 1. The van der Waals surface area contributed by atoms with Crippen molar-refractivity contribution in [2.45, 2.75) is 128 Å². The third kappa shape index (κ3) is 17.5. The summed E-state index contributed by atoms with van der Waals surface area (Å²) in [7, 11) is 1.56. The highest BCUT2D eigenvalue weighted by Crippen LogP contribution is 2.23. The molecule has 1 aliphatic heterocycles. The highest BCUT2D eigenvalue weighted by atomic mass is 16.4. The molecule has 4 rings (SSSR count). The Bertz CT molecular complexity index is 2410. The highest BCUT2D eigenvalue weighted by molar-refractivity contribution is 5.99. The number of aromatic nitrogens is 2. The van der Waals surface area contributed by atoms with Crippen molar-refractivity contribution in [2.75, 3.05) is 26.7 Å². The van der Waals surface area contributed by atoms with Crippen LogP contribution in [-0.4, -0.2) is 152 Å². The molecule has 0 aliphatic carbocycles. The summed E-state index contributed by atoms with van der Waals surface area (Å²) in [6, 6.07) is 4.29. The van der Waals surface area contributed by atoms with Crippen molar-refractivity contribution in [2.24, 2.45) is 28.3 Å². The van der Waals surface area contributed by atoms with E-state index in [1.807, 2.05) is 0 Å². The second-order valence-corrected chi connectivity index (χ2v) is 19.1. The molecule has 1 aliphatic rings. The van der Waals surface area contributed by atoms with E-state index in [4.69, 9.17) is 11.5 Å². The van der Waals surface area contributed by atoms with E-state index in [0.29, 0.717) is 36.1 Å². The van der Waals surface area contributed by atoms with Gasteiger partial charge in [-0.05, 0) is 86.9 Å². The van der Waals surface area contributed by atoms with E-state index in [0.717, 1.165) is 0 Å². The SMILES string of the molecule is CC[C@H](C)[C@H](NC(=O)[C@@H]1CCCN1C(=O)[C@H](Cc1cnc[nH]1)NC(=O)[C@](C)(Cc1ccc(O)cc1)NC(=O)[C@H](Cc1ccc(O)cc1)NC(=O)[C@@H](NC(=O)[C@H](CCCN=C(N)N)NC(=O)CNC)C(C)C)C(=O)O. The Balaban J connectivity index is 1.69. The van der Waals surface area contributed by atoms with Crippen molar-refractivity contribution in [3.63, 3.8) is 0 Å². The number of H-pyrrole nitrogens is 1. The summed E-state index contributed by atoms with van der Waals surface area (Å²) in [6.45, 7) is 8.43. The lowest BCUT2D eigenvalue weighted by molar-refractivity contribution is -0.146. The van der Waals surface area contributed by atoms with Gasteiger partial charge in [0.15, 0.2) is 5.96 Å². The van der Waals surface area contributed by atoms with E-state index in [1.54, 1.807) is 46.9 Å². The molecule has 8 atom stereocenters. The first kappa shape index (κ1) is 58.8. The maximum absolute atomic E-state index is 15.0. The molecule has 0 bridgehead atoms. The molecule has 2 heterocycles. The molecule has 404 valence electrons. The number of aliphatic imine (C=N–C) groups is 1. The summed E-state index contributed by atoms with van der Waals surface area (Å²) in [5, 5.41) is 49.2. The number of rotatable bonds is 28. The molecule has 3 aromatic rings. The van der Waals surface area contributed by atoms with E-state index >= 15 is 4.79 Å². The van der Waals surface area contributed by atoms with E-state index in [1.165, 1.54) is 60.7 Å². The number of imidazole rings is 1. The minimum Gasteiger partial charge on any atom is -0.508 e. The summed E-state index contributed by atoms with van der Waals surface area (Å²) < 4.78 is 0. The average Bonchev–Trinajstić information content (AvgIpc) is 4.07. The number of likely N-dealkylation sites (tertiary alicyclic amines) is 1. The van der Waals surface area contributed by atoms with Gasteiger partial charge < -0.3 is 73.9 Å². The fraction of sp³-hybridized carbons (Fsp3) is 0.520. The molecule has 74 heavy (non-hydrogen) atoms. The molecule has 1 saturated heterocycles. The van der Waals surface area contributed by atoms with Crippen LogP contribution in [0.15, 0.2) is 66.0 Å². The van der Waals surface area contributed by atoms with Crippen molar-refractivity contribution in [1.82, 2.24) is 52.1 Å². The fourth-order valence-electron chi connectivity index (χ4n) is 8.44. The van der Waals surface area contributed by atoms with Crippen molar-refractivity contribution >= 4 is 53.3 Å². The molecule has 0 spiro atoms. The predicted molar refractivity (Wildman–Crippen MR) is 273 cm³/mol. The number of benzene rings is 2. The van der Waals surface area contributed by atoms with Crippen molar-refractivity contribution in [1.29, 1.82) is 0 Å². The van der Waals surface area contributed by atoms with Gasteiger partial charge in [0.05, 0.1) is 12.9 Å². The maximum atomic E-state index is 15.0. The van der Waals surface area contributed by atoms with E-state index in [2.05, 4.69) is 52.2 Å². The number of nitrogens with zero attached hydrogens (tertiary/aromatic N) is 3. The Hall–Kier alpha value is -7.76. The van der Waals surface area contributed by atoms with E-state index in [-0.39, 0.29) is 69.2 Å². The van der Waals surface area contributed by atoms with Gasteiger partial charge >= 0.3 is 5.97 Å². The van der Waals surface area contributed by atoms with Crippen LogP contribution in [0, 0.1) is 11.8 Å². The Labute approximate surface area is 430 Å². The quantitative estimate of drug-likeness (QED) is 0.0241. The number of nitrogens with two attached hydrogens (primary N) is 2. The summed E-state index contributed by atoms with van der Waals surface area (Å²) in [4.78, 5) is 124. The zero-order valence-electron chi connectivity index (χ0n) is 42.8. The van der Waals surface area contributed by atoms with E-state index < -0.39 is 101 Å². The number of carboxylic acid groups (broad SMARTS) is 1. The van der Waals surface area contributed by atoms with E-state index in [9.17, 15) is 48.9 Å². The summed E-state index contributed by atoms with van der Waals surface area (Å²) in [5.41, 5.74) is 10.4. The number of guanidine groups is 1. The molecule has 1 fully saturated rings. The standard InChI is InChI=1S/C50H73N13O11/c1-7-29(4)41(47(72)73)61-44(69)38-11-9-21-63(38)46(71)37(23-32-25-54-27-56-32)59-48(74)50(5,24-31-14-18-34(65)19-15-31)62-43(68)36(22-30-12-16-33(64)17-13-30)58-45(70)40(28(2)3)60-42(67)35(57-39(66)26-53-6)10-8-20-55-49(51)52/h12-19,25,27-29,35-38,40-41,53,64-65H,7-11,20-24,26H2,1-6H3,(H,54,56)(H,57,66)(H,58,70)(H,59,74)(H,60,67)(H,61,69)(H,62,68)(H,72,73)(H4,51,52,55)/t29-,35-,36-,37-,38-,40-,41-,50-/m0/s1. The third-order valence-electron chi connectivity index (χ3n) is 12.8. The van der Waals surface area contributed by atoms with Gasteiger partial charge in [-0.3, -0.25) is 38.6 Å². The lowest BCUT2D eigenvalue weighted by Gasteiger charge is -2.35. The lowest BCUT2D eigenvalue weighted by Crippen LogP contribution is -2.65. The summed E-state index contributed by atoms with van der Waals surface area (Å²) in [5.74, 6) is -7.48. The Morgan fingerprint density at radius 2 is 1.47 bits per heavy atom. The summed E-state index contributed by atoms with van der Waals surface area (Å²) in [6.07, 6.45) is 3.81. The largest absolute Gasteiger partial charge is 0.508 e. The Morgan fingerprint density at radius 1 is 0.824 bits per heavy atom. The van der Waals surface area contributed by atoms with Gasteiger partial charge in [-0.15, -0.1) is 0 Å². The molecular formula is C50H73N13O11. The molecule has 15 N–H and O–H groups in total. The van der Waals surface area contributed by atoms with Crippen LogP contribution in [0.25, 0.3) is 0 Å². The average molecular weight is 1030 g/mol. The first-order valence-corrected chi connectivity index (χ1v) is 24.6. The topological polar surface area (TPSA) is 378 Å². The van der Waals surface area contributed by atoms with Gasteiger partial charge in [0, 0.05) is 44.2 Å². The number of aromatic amines is 1. The monoisotopic (exact) mass is 1030 g/mol. The second-order valence-electron chi connectivity index (χ2n) is 19.1. The lowest BCUT2D eigenvalue weighted by atomic mass is 9.90. The van der Waals surface area contributed by atoms with Gasteiger partial charge in [0.2, 0.25) is 41.4 Å².